The smallest absolute Gasteiger partial charge is 0.270 e. The van der Waals surface area contributed by atoms with E-state index in [4.69, 9.17) is 16.3 Å². The van der Waals surface area contributed by atoms with Crippen LogP contribution in [-0.4, -0.2) is 39.5 Å². The number of rotatable bonds is 5. The minimum atomic E-state index is -0.833. The predicted molar refractivity (Wildman–Crippen MR) is 134 cm³/mol. The topological polar surface area (TPSA) is 88.7 Å². The SMILES string of the molecule is O=[N+]([O-])c1ccc2c(c1)/C(=C/CCN1CCC(O)(c3ccc(Cl)cc3)CC1)c1cccnc1CO2. The fraction of sp³-hybridized carbons (Fsp3) is 0.296. The monoisotopic (exact) mass is 491 g/mol. The highest BCUT2D eigenvalue weighted by molar-refractivity contribution is 6.30. The van der Waals surface area contributed by atoms with Crippen LogP contribution in [0, 0.1) is 10.1 Å². The number of nitro groups is 1. The van der Waals surface area contributed by atoms with Crippen molar-refractivity contribution in [3.05, 3.63) is 104 Å². The number of hydrogen-bond donors (Lipinski definition) is 1. The number of nitrogens with zero attached hydrogens (tertiary/aromatic N) is 3. The molecule has 2 aliphatic rings. The molecule has 0 radical (unpaired) electrons. The molecule has 35 heavy (non-hydrogen) atoms. The molecule has 8 heteroatoms. The van der Waals surface area contributed by atoms with Crippen LogP contribution in [0.2, 0.25) is 5.02 Å². The summed E-state index contributed by atoms with van der Waals surface area (Å²) in [5.74, 6) is 0.617. The molecule has 1 fully saturated rings. The summed E-state index contributed by atoms with van der Waals surface area (Å²) in [6.45, 7) is 2.70. The third-order valence-electron chi connectivity index (χ3n) is 6.87. The van der Waals surface area contributed by atoms with Gasteiger partial charge in [-0.3, -0.25) is 15.1 Å². The van der Waals surface area contributed by atoms with Crippen molar-refractivity contribution in [1.29, 1.82) is 0 Å². The Morgan fingerprint density at radius 3 is 2.66 bits per heavy atom. The zero-order valence-corrected chi connectivity index (χ0v) is 19.9. The van der Waals surface area contributed by atoms with Gasteiger partial charge in [-0.2, -0.15) is 0 Å². The molecule has 2 aliphatic heterocycles. The summed E-state index contributed by atoms with van der Waals surface area (Å²) in [4.78, 5) is 17.8. The summed E-state index contributed by atoms with van der Waals surface area (Å²) in [6, 6.07) is 16.0. The molecule has 1 aromatic heterocycles. The fourth-order valence-corrected chi connectivity index (χ4v) is 4.99. The Kier molecular flexibility index (Phi) is 6.56. The van der Waals surface area contributed by atoms with Crippen LogP contribution in [0.3, 0.4) is 0 Å². The number of aromatic nitrogens is 1. The van der Waals surface area contributed by atoms with Crippen LogP contribution in [-0.2, 0) is 12.2 Å². The predicted octanol–water partition coefficient (Wildman–Crippen LogP) is 5.34. The van der Waals surface area contributed by atoms with Gasteiger partial charge in [0.2, 0.25) is 0 Å². The lowest BCUT2D eigenvalue weighted by Gasteiger charge is -2.38. The van der Waals surface area contributed by atoms with E-state index in [0.717, 1.165) is 48.4 Å². The van der Waals surface area contributed by atoms with Crippen molar-refractivity contribution >= 4 is 22.9 Å². The number of benzene rings is 2. The molecule has 7 nitrogen and oxygen atoms in total. The third kappa shape index (κ3) is 4.93. The van der Waals surface area contributed by atoms with Gasteiger partial charge in [-0.05, 0) is 54.7 Å². The van der Waals surface area contributed by atoms with Crippen LogP contribution in [0.5, 0.6) is 5.75 Å². The standard InChI is InChI=1S/C27H26ClN3O4/c28-20-7-5-19(6-8-20)27(32)11-15-30(16-12-27)14-2-4-22-23-3-1-13-29-25(23)18-35-26-10-9-21(31(33)34)17-24(22)26/h1,3-10,13,17,32H,2,11-12,14-16,18H2/b22-4+. The maximum absolute atomic E-state index is 11.4. The lowest BCUT2D eigenvalue weighted by Crippen LogP contribution is -2.42. The average molecular weight is 492 g/mol. The highest BCUT2D eigenvalue weighted by Crippen LogP contribution is 2.38. The summed E-state index contributed by atoms with van der Waals surface area (Å²) in [7, 11) is 0. The summed E-state index contributed by atoms with van der Waals surface area (Å²) in [5.41, 5.74) is 3.46. The number of fused-ring (bicyclic) bond motifs is 2. The first-order chi connectivity index (χ1) is 16.9. The van der Waals surface area contributed by atoms with E-state index in [0.29, 0.717) is 35.8 Å². The van der Waals surface area contributed by atoms with E-state index in [9.17, 15) is 15.2 Å². The Bertz CT molecular complexity index is 1270. The molecule has 3 aromatic rings. The van der Waals surface area contributed by atoms with Crippen LogP contribution in [0.15, 0.2) is 66.9 Å². The van der Waals surface area contributed by atoms with E-state index >= 15 is 0 Å². The normalized spacial score (nSPS) is 18.3. The Balaban J connectivity index is 1.33. The third-order valence-corrected chi connectivity index (χ3v) is 7.12. The quantitative estimate of drug-likeness (QED) is 0.383. The summed E-state index contributed by atoms with van der Waals surface area (Å²) < 4.78 is 5.94. The van der Waals surface area contributed by atoms with E-state index in [1.165, 1.54) is 6.07 Å². The van der Waals surface area contributed by atoms with Gasteiger partial charge >= 0.3 is 0 Å². The average Bonchev–Trinajstić information content (AvgIpc) is 3.02. The van der Waals surface area contributed by atoms with Crippen LogP contribution in [0.1, 0.15) is 41.6 Å². The first-order valence-corrected chi connectivity index (χ1v) is 12.1. The van der Waals surface area contributed by atoms with Crippen molar-refractivity contribution in [2.24, 2.45) is 0 Å². The maximum Gasteiger partial charge on any atom is 0.270 e. The molecule has 0 bridgehead atoms. The molecular weight excluding hydrogens is 466 g/mol. The molecule has 0 spiro atoms. The molecular formula is C27H26ClN3O4. The van der Waals surface area contributed by atoms with E-state index < -0.39 is 5.60 Å². The summed E-state index contributed by atoms with van der Waals surface area (Å²) >= 11 is 6.00. The lowest BCUT2D eigenvalue weighted by atomic mass is 9.84. The van der Waals surface area contributed by atoms with Gasteiger partial charge < -0.3 is 14.7 Å². The first-order valence-electron chi connectivity index (χ1n) is 11.7. The number of piperidine rings is 1. The van der Waals surface area contributed by atoms with E-state index in [-0.39, 0.29) is 10.6 Å². The largest absolute Gasteiger partial charge is 0.487 e. The summed E-state index contributed by atoms with van der Waals surface area (Å²) in [5, 5.41) is 23.2. The minimum absolute atomic E-state index is 0.0307. The van der Waals surface area contributed by atoms with Crippen LogP contribution < -0.4 is 4.74 Å². The number of likely N-dealkylation sites (tertiary alicyclic amines) is 1. The van der Waals surface area contributed by atoms with Crippen LogP contribution in [0.25, 0.3) is 5.57 Å². The molecule has 180 valence electrons. The Hall–Kier alpha value is -3.26. The van der Waals surface area contributed by atoms with Crippen molar-refractivity contribution in [1.82, 2.24) is 9.88 Å². The van der Waals surface area contributed by atoms with Crippen molar-refractivity contribution in [3.8, 4) is 5.75 Å². The number of ether oxygens (including phenoxy) is 1. The van der Waals surface area contributed by atoms with Gasteiger partial charge in [-0.1, -0.05) is 35.9 Å². The van der Waals surface area contributed by atoms with Gasteiger partial charge in [0, 0.05) is 54.1 Å². The molecule has 1 saturated heterocycles. The maximum atomic E-state index is 11.4. The van der Waals surface area contributed by atoms with E-state index in [1.807, 2.05) is 36.4 Å². The first kappa shape index (κ1) is 23.5. The number of non-ortho nitro benzene ring substituents is 1. The molecule has 0 saturated carbocycles. The van der Waals surface area contributed by atoms with Crippen molar-refractivity contribution in [2.45, 2.75) is 31.5 Å². The van der Waals surface area contributed by atoms with Gasteiger partial charge in [0.15, 0.2) is 0 Å². The van der Waals surface area contributed by atoms with Gasteiger partial charge in [0.05, 0.1) is 16.2 Å². The molecule has 0 amide bonds. The molecule has 2 aromatic carbocycles. The van der Waals surface area contributed by atoms with Crippen LogP contribution in [0.4, 0.5) is 5.69 Å². The number of hydrogen-bond acceptors (Lipinski definition) is 6. The van der Waals surface area contributed by atoms with Gasteiger partial charge in [0.25, 0.3) is 5.69 Å². The number of pyridine rings is 1. The van der Waals surface area contributed by atoms with Crippen molar-refractivity contribution < 1.29 is 14.8 Å². The van der Waals surface area contributed by atoms with Crippen LogP contribution >= 0.6 is 11.6 Å². The molecule has 0 aliphatic carbocycles. The zero-order valence-electron chi connectivity index (χ0n) is 19.2. The number of nitro benzene ring substituents is 1. The summed E-state index contributed by atoms with van der Waals surface area (Å²) in [6.07, 6.45) is 5.92. The van der Waals surface area contributed by atoms with Gasteiger partial charge in [0.1, 0.15) is 12.4 Å². The molecule has 5 rings (SSSR count). The van der Waals surface area contributed by atoms with E-state index in [2.05, 4.69) is 16.0 Å². The highest BCUT2D eigenvalue weighted by Gasteiger charge is 2.33. The Morgan fingerprint density at radius 1 is 1.14 bits per heavy atom. The zero-order chi connectivity index (χ0) is 24.4. The second-order valence-corrected chi connectivity index (χ2v) is 9.45. The van der Waals surface area contributed by atoms with Gasteiger partial charge in [-0.15, -0.1) is 0 Å². The second kappa shape index (κ2) is 9.77. The number of aliphatic hydroxyl groups is 1. The Labute approximate surface area is 208 Å². The number of halogens is 1. The van der Waals surface area contributed by atoms with E-state index in [1.54, 1.807) is 18.3 Å². The second-order valence-electron chi connectivity index (χ2n) is 9.01. The molecule has 3 heterocycles. The Morgan fingerprint density at radius 2 is 1.91 bits per heavy atom. The molecule has 1 N–H and O–H groups in total. The lowest BCUT2D eigenvalue weighted by molar-refractivity contribution is -0.384. The van der Waals surface area contributed by atoms with Crippen molar-refractivity contribution in [2.75, 3.05) is 19.6 Å². The fourth-order valence-electron chi connectivity index (χ4n) is 4.86. The van der Waals surface area contributed by atoms with Crippen molar-refractivity contribution in [3.63, 3.8) is 0 Å². The minimum Gasteiger partial charge on any atom is -0.487 e. The molecule has 0 atom stereocenters. The molecule has 0 unspecified atom stereocenters. The highest BCUT2D eigenvalue weighted by atomic mass is 35.5. The van der Waals surface area contributed by atoms with Gasteiger partial charge in [-0.25, -0.2) is 0 Å².